The Bertz CT molecular complexity index is 192. The second kappa shape index (κ2) is 3.37. The molecule has 0 fully saturated rings. The van der Waals surface area contributed by atoms with Crippen molar-refractivity contribution in [3.05, 3.63) is 23.4 Å². The minimum Gasteiger partial charge on any atom is -0.413 e. The maximum Gasteiger partial charge on any atom is 0.217 e. The third-order valence-corrected chi connectivity index (χ3v) is 4.74. The van der Waals surface area contributed by atoms with Gasteiger partial charge in [-0.1, -0.05) is 18.2 Å². The van der Waals surface area contributed by atoms with Crippen LogP contribution in [0.25, 0.3) is 0 Å². The zero-order chi connectivity index (χ0) is 8.32. The monoisotopic (exact) mass is 168 g/mol. The van der Waals surface area contributed by atoms with Gasteiger partial charge in [0.1, 0.15) is 0 Å². The van der Waals surface area contributed by atoms with Crippen LogP contribution < -0.4 is 0 Å². The molecule has 0 aliphatic heterocycles. The second-order valence-corrected chi connectivity index (χ2v) is 7.13. The van der Waals surface area contributed by atoms with Crippen LogP contribution in [0, 0.1) is 0 Å². The van der Waals surface area contributed by atoms with Gasteiger partial charge >= 0.3 is 0 Å². The van der Waals surface area contributed by atoms with Crippen LogP contribution in [0.5, 0.6) is 0 Å². The molecular weight excluding hydrogens is 152 g/mol. The molecule has 0 aromatic rings. The molecule has 11 heavy (non-hydrogen) atoms. The van der Waals surface area contributed by atoms with Gasteiger partial charge in [-0.25, -0.2) is 0 Å². The van der Waals surface area contributed by atoms with Crippen LogP contribution >= 0.6 is 0 Å². The van der Waals surface area contributed by atoms with Crippen molar-refractivity contribution in [3.63, 3.8) is 0 Å². The highest BCUT2D eigenvalue weighted by molar-refractivity contribution is 6.79. The Balaban J connectivity index is 2.63. The van der Waals surface area contributed by atoms with Crippen LogP contribution in [0.2, 0.25) is 13.1 Å². The molecule has 0 heterocycles. The Kier molecular flexibility index (Phi) is 2.68. The van der Waals surface area contributed by atoms with E-state index < -0.39 is 8.32 Å². The fraction of sp³-hybridized carbons (Fsp3) is 0.556. The lowest BCUT2D eigenvalue weighted by Gasteiger charge is -2.22. The number of hydrogen-bond donors (Lipinski definition) is 0. The van der Waals surface area contributed by atoms with Crippen molar-refractivity contribution in [2.45, 2.75) is 26.4 Å². The predicted octanol–water partition coefficient (Wildman–Crippen LogP) is 2.65. The topological polar surface area (TPSA) is 9.23 Å². The lowest BCUT2D eigenvalue weighted by molar-refractivity contribution is 0.336. The van der Waals surface area contributed by atoms with Crippen LogP contribution in [0.4, 0.5) is 0 Å². The van der Waals surface area contributed by atoms with Crippen LogP contribution in [0.1, 0.15) is 13.3 Å². The summed E-state index contributed by atoms with van der Waals surface area (Å²) in [6.07, 6.45) is 7.78. The molecule has 1 aliphatic rings. The Labute approximate surface area is 69.9 Å². The molecule has 0 aromatic heterocycles. The molecule has 0 amide bonds. The van der Waals surface area contributed by atoms with Gasteiger partial charge in [-0.2, -0.15) is 0 Å². The molecule has 0 aromatic carbocycles. The van der Waals surface area contributed by atoms with Crippen LogP contribution in [-0.2, 0) is 4.43 Å². The predicted molar refractivity (Wildman–Crippen MR) is 50.9 cm³/mol. The first kappa shape index (κ1) is 8.75. The summed E-state index contributed by atoms with van der Waals surface area (Å²) < 4.78 is 5.73. The van der Waals surface area contributed by atoms with Crippen molar-refractivity contribution in [3.8, 4) is 0 Å². The number of hydrogen-bond acceptors (Lipinski definition) is 1. The zero-order valence-corrected chi connectivity index (χ0v) is 8.55. The van der Waals surface area contributed by atoms with Gasteiger partial charge in [0.05, 0.1) is 0 Å². The SMILES string of the molecule is CCO[Si](C)(C)C1=CCC=C1. The highest BCUT2D eigenvalue weighted by atomic mass is 28.4. The molecule has 0 saturated carbocycles. The summed E-state index contributed by atoms with van der Waals surface area (Å²) >= 11 is 0. The van der Waals surface area contributed by atoms with Gasteiger partial charge in [-0.15, -0.1) is 0 Å². The van der Waals surface area contributed by atoms with Crippen LogP contribution in [-0.4, -0.2) is 14.9 Å². The highest BCUT2D eigenvalue weighted by Gasteiger charge is 2.26. The minimum atomic E-state index is -1.50. The molecule has 0 bridgehead atoms. The lowest BCUT2D eigenvalue weighted by Crippen LogP contribution is -2.32. The van der Waals surface area contributed by atoms with Crippen molar-refractivity contribution in [1.29, 1.82) is 0 Å². The maximum absolute atomic E-state index is 5.73. The average Bonchev–Trinajstić information content (AvgIpc) is 2.37. The van der Waals surface area contributed by atoms with E-state index >= 15 is 0 Å². The van der Waals surface area contributed by atoms with E-state index in [1.54, 1.807) is 0 Å². The first-order valence-corrected chi connectivity index (χ1v) is 7.09. The van der Waals surface area contributed by atoms with E-state index in [0.717, 1.165) is 13.0 Å². The Morgan fingerprint density at radius 1 is 1.55 bits per heavy atom. The molecule has 0 atom stereocenters. The summed E-state index contributed by atoms with van der Waals surface area (Å²) in [6, 6.07) is 0. The third-order valence-electron chi connectivity index (χ3n) is 1.97. The highest BCUT2D eigenvalue weighted by Crippen LogP contribution is 2.22. The molecule has 1 nitrogen and oxygen atoms in total. The normalized spacial score (nSPS) is 17.2. The summed E-state index contributed by atoms with van der Waals surface area (Å²) in [5.41, 5.74) is 0. The van der Waals surface area contributed by atoms with E-state index in [-0.39, 0.29) is 0 Å². The molecule has 0 N–H and O–H groups in total. The molecule has 1 aliphatic carbocycles. The molecule has 0 radical (unpaired) electrons. The van der Waals surface area contributed by atoms with Crippen molar-refractivity contribution in [1.82, 2.24) is 0 Å². The quantitative estimate of drug-likeness (QED) is 0.589. The first-order valence-electron chi connectivity index (χ1n) is 4.18. The molecule has 62 valence electrons. The maximum atomic E-state index is 5.73. The summed E-state index contributed by atoms with van der Waals surface area (Å²) in [5, 5.41) is 1.44. The van der Waals surface area contributed by atoms with Crippen LogP contribution in [0.3, 0.4) is 0 Å². The van der Waals surface area contributed by atoms with E-state index in [0.29, 0.717) is 0 Å². The Morgan fingerprint density at radius 2 is 2.27 bits per heavy atom. The van der Waals surface area contributed by atoms with Gasteiger partial charge in [0.15, 0.2) is 0 Å². The standard InChI is InChI=1S/C9H16OSi/c1-4-10-11(2,3)9-7-5-6-8-9/h5,7-8H,4,6H2,1-3H3. The van der Waals surface area contributed by atoms with Gasteiger partial charge in [0.25, 0.3) is 0 Å². The largest absolute Gasteiger partial charge is 0.413 e. The summed E-state index contributed by atoms with van der Waals surface area (Å²) in [6.45, 7) is 7.40. The van der Waals surface area contributed by atoms with Gasteiger partial charge in [-0.05, 0) is 31.6 Å². The lowest BCUT2D eigenvalue weighted by atomic mass is 10.5. The van der Waals surface area contributed by atoms with Gasteiger partial charge < -0.3 is 4.43 Å². The molecule has 0 saturated heterocycles. The third kappa shape index (κ3) is 2.04. The second-order valence-electron chi connectivity index (χ2n) is 3.24. The van der Waals surface area contributed by atoms with Crippen molar-refractivity contribution >= 4 is 8.32 Å². The first-order chi connectivity index (χ1) is 5.17. The van der Waals surface area contributed by atoms with Gasteiger partial charge in [0, 0.05) is 6.61 Å². The summed E-state index contributed by atoms with van der Waals surface area (Å²) in [5.74, 6) is 0. The summed E-state index contributed by atoms with van der Waals surface area (Å²) in [7, 11) is -1.50. The van der Waals surface area contributed by atoms with E-state index in [1.165, 1.54) is 5.20 Å². The van der Waals surface area contributed by atoms with E-state index in [4.69, 9.17) is 4.43 Å². The van der Waals surface area contributed by atoms with Crippen molar-refractivity contribution in [2.24, 2.45) is 0 Å². The minimum absolute atomic E-state index is 0.838. The summed E-state index contributed by atoms with van der Waals surface area (Å²) in [4.78, 5) is 0. The molecule has 2 heteroatoms. The van der Waals surface area contributed by atoms with Gasteiger partial charge in [-0.3, -0.25) is 0 Å². The number of rotatable bonds is 3. The van der Waals surface area contributed by atoms with Crippen molar-refractivity contribution in [2.75, 3.05) is 6.61 Å². The van der Waals surface area contributed by atoms with E-state index in [2.05, 4.69) is 38.2 Å². The van der Waals surface area contributed by atoms with Crippen LogP contribution in [0.15, 0.2) is 23.4 Å². The van der Waals surface area contributed by atoms with Gasteiger partial charge in [0.2, 0.25) is 8.32 Å². The zero-order valence-electron chi connectivity index (χ0n) is 7.55. The molecule has 0 unspecified atom stereocenters. The fourth-order valence-corrected chi connectivity index (χ4v) is 3.37. The van der Waals surface area contributed by atoms with Crippen molar-refractivity contribution < 1.29 is 4.43 Å². The Hall–Kier alpha value is -0.343. The molecule has 0 spiro atoms. The smallest absolute Gasteiger partial charge is 0.217 e. The molecular formula is C9H16OSi. The van der Waals surface area contributed by atoms with E-state index in [1.807, 2.05) is 0 Å². The Morgan fingerprint density at radius 3 is 2.73 bits per heavy atom. The van der Waals surface area contributed by atoms with E-state index in [9.17, 15) is 0 Å². The average molecular weight is 168 g/mol. The number of allylic oxidation sites excluding steroid dienone is 4. The molecule has 1 rings (SSSR count). The fourth-order valence-electron chi connectivity index (χ4n) is 1.35.